The number of hydrogen-bond acceptors (Lipinski definition) is 1. The number of fused-ring (bicyclic) bond motifs is 8. The first-order valence-corrected chi connectivity index (χ1v) is 17.7. The summed E-state index contributed by atoms with van der Waals surface area (Å²) >= 11 is 0. The molecule has 1 nitrogen and oxygen atoms in total. The first-order valence-electron chi connectivity index (χ1n) is 17.7. The first-order chi connectivity index (χ1) is 24.3. The molecule has 0 spiro atoms. The van der Waals surface area contributed by atoms with Gasteiger partial charge in [-0.05, 0) is 118 Å². The fourth-order valence-electron chi connectivity index (χ4n) is 9.20. The number of nitrogens with zero attached hydrogens (tertiary/aromatic N) is 1. The fraction of sp³-hybridized carbons (Fsp3) is 0.122. The monoisotopic (exact) mass is 639 g/mol. The molecule has 2 aliphatic carbocycles. The molecule has 10 rings (SSSR count). The highest BCUT2D eigenvalue weighted by Crippen LogP contribution is 2.53. The average molecular weight is 640 g/mol. The van der Waals surface area contributed by atoms with Gasteiger partial charge in [0, 0.05) is 28.6 Å². The minimum Gasteiger partial charge on any atom is -0.264 e. The smallest absolute Gasteiger partial charge is 0.0353 e. The van der Waals surface area contributed by atoms with Gasteiger partial charge in [-0.25, -0.2) is 0 Å². The first kappa shape index (κ1) is 29.2. The summed E-state index contributed by atoms with van der Waals surface area (Å²) in [6, 6.07) is 52.1. The van der Waals surface area contributed by atoms with E-state index in [-0.39, 0.29) is 10.8 Å². The Hall–Kier alpha value is -5.79. The van der Waals surface area contributed by atoms with E-state index in [4.69, 9.17) is 0 Å². The highest BCUT2D eigenvalue weighted by Gasteiger charge is 2.37. The van der Waals surface area contributed by atoms with Crippen LogP contribution in [0.15, 0.2) is 152 Å². The van der Waals surface area contributed by atoms with Gasteiger partial charge < -0.3 is 0 Å². The van der Waals surface area contributed by atoms with Crippen molar-refractivity contribution in [2.75, 3.05) is 0 Å². The molecule has 0 saturated carbocycles. The molecule has 0 saturated heterocycles. The second kappa shape index (κ2) is 10.4. The molecule has 1 heterocycles. The van der Waals surface area contributed by atoms with Crippen LogP contribution in [0.25, 0.3) is 77.2 Å². The molecule has 2 aliphatic rings. The van der Waals surface area contributed by atoms with E-state index < -0.39 is 0 Å². The Morgan fingerprint density at radius 2 is 0.820 bits per heavy atom. The van der Waals surface area contributed by atoms with Crippen molar-refractivity contribution in [2.24, 2.45) is 0 Å². The van der Waals surface area contributed by atoms with E-state index in [0.29, 0.717) is 0 Å². The van der Waals surface area contributed by atoms with Crippen molar-refractivity contribution in [3.63, 3.8) is 0 Å². The van der Waals surface area contributed by atoms with Crippen LogP contribution in [-0.2, 0) is 10.8 Å². The molecule has 50 heavy (non-hydrogen) atoms. The maximum atomic E-state index is 4.65. The van der Waals surface area contributed by atoms with Gasteiger partial charge >= 0.3 is 0 Å². The molecule has 0 aliphatic heterocycles. The van der Waals surface area contributed by atoms with Crippen LogP contribution in [-0.4, -0.2) is 4.98 Å². The van der Waals surface area contributed by atoms with E-state index in [1.807, 2.05) is 6.20 Å². The number of hydrogen-bond donors (Lipinski definition) is 0. The lowest BCUT2D eigenvalue weighted by Crippen LogP contribution is -2.15. The molecule has 1 heteroatoms. The van der Waals surface area contributed by atoms with Gasteiger partial charge in [-0.2, -0.15) is 0 Å². The normalized spacial score (nSPS) is 14.7. The SMILES string of the molecule is CC1(C)c2ccccc2-c2ccc(-c3ccc4c(c3)C(C)(C)c3cc(-c5c6ccccc6c(-c6ccccc6)c6ccncc56)ccc3-4)cc21. The van der Waals surface area contributed by atoms with Gasteiger partial charge in [0.15, 0.2) is 0 Å². The topological polar surface area (TPSA) is 12.9 Å². The van der Waals surface area contributed by atoms with Crippen LogP contribution in [0.2, 0.25) is 0 Å². The maximum Gasteiger partial charge on any atom is 0.0353 e. The number of rotatable bonds is 3. The third kappa shape index (κ3) is 3.98. The lowest BCUT2D eigenvalue weighted by molar-refractivity contribution is 0.659. The summed E-state index contributed by atoms with van der Waals surface area (Å²) in [5.74, 6) is 0. The van der Waals surface area contributed by atoms with Gasteiger partial charge in [0.2, 0.25) is 0 Å². The lowest BCUT2D eigenvalue weighted by atomic mass is 9.79. The van der Waals surface area contributed by atoms with Crippen molar-refractivity contribution in [1.82, 2.24) is 4.98 Å². The largest absolute Gasteiger partial charge is 0.264 e. The van der Waals surface area contributed by atoms with Crippen LogP contribution in [0.1, 0.15) is 49.9 Å². The van der Waals surface area contributed by atoms with Crippen molar-refractivity contribution >= 4 is 21.5 Å². The quantitative estimate of drug-likeness (QED) is 0.175. The summed E-state index contributed by atoms with van der Waals surface area (Å²) in [6.07, 6.45) is 3.98. The summed E-state index contributed by atoms with van der Waals surface area (Å²) < 4.78 is 0. The molecular formula is C49H37N. The molecule has 8 aromatic rings. The molecule has 0 N–H and O–H groups in total. The Bertz CT molecular complexity index is 2640. The standard InChI is InChI=1S/C49H37N/c1-48(2)42-17-11-10-14-34(42)35-21-18-31(26-43(35)48)32-19-22-36-37-23-20-33(28-45(37)49(3,4)44(36)27-32)47-39-16-9-8-15-38(39)46(30-12-6-5-7-13-30)40-24-25-50-29-41(40)47/h5-29H,1-4H3. The van der Waals surface area contributed by atoms with Crippen LogP contribution in [0.3, 0.4) is 0 Å². The van der Waals surface area contributed by atoms with Gasteiger partial charge in [0.05, 0.1) is 0 Å². The Morgan fingerprint density at radius 1 is 0.360 bits per heavy atom. The highest BCUT2D eigenvalue weighted by molar-refractivity contribution is 6.21. The minimum atomic E-state index is -0.156. The molecule has 0 unspecified atom stereocenters. The van der Waals surface area contributed by atoms with Gasteiger partial charge in [-0.15, -0.1) is 0 Å². The fourth-order valence-corrected chi connectivity index (χ4v) is 9.20. The molecule has 0 atom stereocenters. The number of aromatic nitrogens is 1. The van der Waals surface area contributed by atoms with Crippen molar-refractivity contribution < 1.29 is 0 Å². The third-order valence-electron chi connectivity index (χ3n) is 11.8. The van der Waals surface area contributed by atoms with Gasteiger partial charge in [0.25, 0.3) is 0 Å². The summed E-state index contributed by atoms with van der Waals surface area (Å²) in [6.45, 7) is 9.51. The van der Waals surface area contributed by atoms with Crippen LogP contribution < -0.4 is 0 Å². The Balaban J connectivity index is 1.11. The van der Waals surface area contributed by atoms with Gasteiger partial charge in [-0.1, -0.05) is 143 Å². The minimum absolute atomic E-state index is 0.0201. The van der Waals surface area contributed by atoms with Crippen molar-refractivity contribution in [1.29, 1.82) is 0 Å². The van der Waals surface area contributed by atoms with E-state index in [2.05, 4.69) is 178 Å². The van der Waals surface area contributed by atoms with E-state index >= 15 is 0 Å². The summed E-state index contributed by atoms with van der Waals surface area (Å²) in [7, 11) is 0. The Morgan fingerprint density at radius 3 is 1.46 bits per heavy atom. The summed E-state index contributed by atoms with van der Waals surface area (Å²) in [4.78, 5) is 4.65. The van der Waals surface area contributed by atoms with Gasteiger partial charge in [0.1, 0.15) is 0 Å². The predicted molar refractivity (Wildman–Crippen MR) is 211 cm³/mol. The molecule has 1 aromatic heterocycles. The number of pyridine rings is 1. The third-order valence-corrected chi connectivity index (χ3v) is 11.8. The average Bonchev–Trinajstić information content (AvgIpc) is 3.52. The van der Waals surface area contributed by atoms with E-state index in [9.17, 15) is 0 Å². The zero-order valence-electron chi connectivity index (χ0n) is 28.9. The predicted octanol–water partition coefficient (Wildman–Crippen LogP) is 13.0. The molecule has 0 amide bonds. The Kier molecular flexibility index (Phi) is 6.04. The summed E-state index contributed by atoms with van der Waals surface area (Å²) in [5.41, 5.74) is 18.4. The van der Waals surface area contributed by atoms with Crippen LogP contribution >= 0.6 is 0 Å². The second-order valence-corrected chi connectivity index (χ2v) is 15.2. The molecule has 0 bridgehead atoms. The highest BCUT2D eigenvalue weighted by atomic mass is 14.6. The van der Waals surface area contributed by atoms with Crippen LogP contribution in [0.5, 0.6) is 0 Å². The Labute approximate surface area is 293 Å². The number of benzene rings is 7. The molecular weight excluding hydrogens is 603 g/mol. The maximum absolute atomic E-state index is 4.65. The molecule has 0 fully saturated rings. The molecule has 238 valence electrons. The summed E-state index contributed by atoms with van der Waals surface area (Å²) in [5, 5.41) is 4.93. The van der Waals surface area contributed by atoms with Crippen LogP contribution in [0.4, 0.5) is 0 Å². The van der Waals surface area contributed by atoms with Crippen molar-refractivity contribution in [2.45, 2.75) is 38.5 Å². The molecule has 7 aromatic carbocycles. The lowest BCUT2D eigenvalue weighted by Gasteiger charge is -2.24. The second-order valence-electron chi connectivity index (χ2n) is 15.2. The van der Waals surface area contributed by atoms with Gasteiger partial charge in [-0.3, -0.25) is 4.98 Å². The molecule has 0 radical (unpaired) electrons. The van der Waals surface area contributed by atoms with Crippen LogP contribution in [0, 0.1) is 0 Å². The van der Waals surface area contributed by atoms with E-state index in [1.165, 1.54) is 99.4 Å². The zero-order valence-corrected chi connectivity index (χ0v) is 28.9. The van der Waals surface area contributed by atoms with Crippen molar-refractivity contribution in [3.8, 4) is 55.6 Å². The zero-order chi connectivity index (χ0) is 33.8. The van der Waals surface area contributed by atoms with Crippen molar-refractivity contribution in [3.05, 3.63) is 174 Å². The van der Waals surface area contributed by atoms with E-state index in [0.717, 1.165) is 0 Å². The van der Waals surface area contributed by atoms with E-state index in [1.54, 1.807) is 0 Å².